The minimum absolute atomic E-state index is 0.01000. The minimum Gasteiger partial charge on any atom is -0.330 e. The number of aryl methyl sites for hydroxylation is 2. The number of rotatable bonds is 4. The molecule has 0 fully saturated rings. The molecule has 0 spiro atoms. The van der Waals surface area contributed by atoms with Crippen molar-refractivity contribution in [3.63, 3.8) is 0 Å². The first-order valence-corrected chi connectivity index (χ1v) is 5.39. The Morgan fingerprint density at radius 3 is 2.79 bits per heavy atom. The summed E-state index contributed by atoms with van der Waals surface area (Å²) in [6, 6.07) is 0. The predicted molar refractivity (Wildman–Crippen MR) is 58.5 cm³/mol. The number of carbonyl (C=O) groups is 1. The van der Waals surface area contributed by atoms with Gasteiger partial charge in [-0.15, -0.1) is 11.3 Å². The smallest absolute Gasteiger partial charge is 0.226 e. The van der Waals surface area contributed by atoms with Crippen molar-refractivity contribution in [2.75, 3.05) is 11.9 Å². The van der Waals surface area contributed by atoms with Crippen LogP contribution in [0.1, 0.15) is 23.4 Å². The third-order valence-corrected chi connectivity index (χ3v) is 2.87. The zero-order valence-electron chi connectivity index (χ0n) is 8.46. The number of nitrogens with two attached hydrogens (primary N) is 1. The maximum atomic E-state index is 11.3. The standard InChI is InChI=1S/C9H15N3OS/c1-6-7(2)14-9(11-6)12-8(13)4-3-5-10/h3-5,10H2,1-2H3,(H,11,12,13). The van der Waals surface area contributed by atoms with Gasteiger partial charge in [0, 0.05) is 11.3 Å². The van der Waals surface area contributed by atoms with E-state index in [0.717, 1.165) is 17.0 Å². The van der Waals surface area contributed by atoms with E-state index in [9.17, 15) is 4.79 Å². The van der Waals surface area contributed by atoms with E-state index < -0.39 is 0 Å². The number of nitrogens with zero attached hydrogens (tertiary/aromatic N) is 1. The molecule has 0 aliphatic carbocycles. The van der Waals surface area contributed by atoms with Crippen molar-refractivity contribution in [2.45, 2.75) is 26.7 Å². The van der Waals surface area contributed by atoms with Crippen LogP contribution in [-0.2, 0) is 4.79 Å². The maximum absolute atomic E-state index is 11.3. The zero-order chi connectivity index (χ0) is 10.6. The number of anilines is 1. The number of hydrogen-bond donors (Lipinski definition) is 2. The molecule has 0 aliphatic heterocycles. The zero-order valence-corrected chi connectivity index (χ0v) is 9.28. The van der Waals surface area contributed by atoms with Crippen LogP contribution in [0.25, 0.3) is 0 Å². The molecule has 0 atom stereocenters. The highest BCUT2D eigenvalue weighted by Gasteiger charge is 2.06. The number of hydrogen-bond acceptors (Lipinski definition) is 4. The van der Waals surface area contributed by atoms with E-state index in [1.54, 1.807) is 0 Å². The van der Waals surface area contributed by atoms with Gasteiger partial charge in [-0.25, -0.2) is 4.98 Å². The average Bonchev–Trinajstić information content (AvgIpc) is 2.42. The SMILES string of the molecule is Cc1nc(NC(=O)CCCN)sc1C. The lowest BCUT2D eigenvalue weighted by Crippen LogP contribution is -2.13. The third kappa shape index (κ3) is 3.08. The van der Waals surface area contributed by atoms with E-state index >= 15 is 0 Å². The fourth-order valence-electron chi connectivity index (χ4n) is 0.971. The van der Waals surface area contributed by atoms with Gasteiger partial charge in [0.1, 0.15) is 0 Å². The molecule has 0 aliphatic rings. The molecule has 3 N–H and O–H groups in total. The molecule has 0 radical (unpaired) electrons. The molecule has 14 heavy (non-hydrogen) atoms. The van der Waals surface area contributed by atoms with E-state index in [1.807, 2.05) is 13.8 Å². The molecule has 0 bridgehead atoms. The van der Waals surface area contributed by atoms with Gasteiger partial charge in [-0.3, -0.25) is 4.79 Å². The number of amides is 1. The normalized spacial score (nSPS) is 10.2. The molecule has 5 heteroatoms. The molecular formula is C9H15N3OS. The summed E-state index contributed by atoms with van der Waals surface area (Å²) in [5, 5.41) is 3.43. The Hall–Kier alpha value is -0.940. The van der Waals surface area contributed by atoms with Crippen molar-refractivity contribution in [3.05, 3.63) is 10.6 Å². The number of thiazole rings is 1. The van der Waals surface area contributed by atoms with E-state index in [1.165, 1.54) is 11.3 Å². The van der Waals surface area contributed by atoms with Gasteiger partial charge in [-0.1, -0.05) is 0 Å². The second-order valence-electron chi connectivity index (χ2n) is 3.10. The lowest BCUT2D eigenvalue weighted by atomic mass is 10.3. The van der Waals surface area contributed by atoms with Crippen molar-refractivity contribution in [1.82, 2.24) is 4.98 Å². The molecule has 0 aromatic carbocycles. The lowest BCUT2D eigenvalue weighted by molar-refractivity contribution is -0.116. The van der Waals surface area contributed by atoms with Crippen molar-refractivity contribution in [1.29, 1.82) is 0 Å². The fraction of sp³-hybridized carbons (Fsp3) is 0.556. The summed E-state index contributed by atoms with van der Waals surface area (Å²) >= 11 is 1.50. The average molecular weight is 213 g/mol. The number of aromatic nitrogens is 1. The Morgan fingerprint density at radius 2 is 2.29 bits per heavy atom. The highest BCUT2D eigenvalue weighted by Crippen LogP contribution is 2.21. The van der Waals surface area contributed by atoms with Gasteiger partial charge in [0.25, 0.3) is 0 Å². The predicted octanol–water partition coefficient (Wildman–Crippen LogP) is 1.44. The summed E-state index contributed by atoms with van der Waals surface area (Å²) in [4.78, 5) is 16.6. The summed E-state index contributed by atoms with van der Waals surface area (Å²) < 4.78 is 0. The van der Waals surface area contributed by atoms with Crippen molar-refractivity contribution in [3.8, 4) is 0 Å². The van der Waals surface area contributed by atoms with Crippen LogP contribution >= 0.6 is 11.3 Å². The van der Waals surface area contributed by atoms with Gasteiger partial charge >= 0.3 is 0 Å². The first kappa shape index (κ1) is 11.1. The van der Waals surface area contributed by atoms with Crippen LogP contribution in [0.5, 0.6) is 0 Å². The molecule has 78 valence electrons. The molecule has 4 nitrogen and oxygen atoms in total. The maximum Gasteiger partial charge on any atom is 0.226 e. The van der Waals surface area contributed by atoms with Crippen LogP contribution in [0.3, 0.4) is 0 Å². The number of nitrogens with one attached hydrogen (secondary N) is 1. The lowest BCUT2D eigenvalue weighted by Gasteiger charge is -1.99. The number of carbonyl (C=O) groups excluding carboxylic acids is 1. The van der Waals surface area contributed by atoms with Crippen molar-refractivity contribution < 1.29 is 4.79 Å². The van der Waals surface area contributed by atoms with Gasteiger partial charge in [-0.05, 0) is 26.8 Å². The molecule has 0 unspecified atom stereocenters. The largest absolute Gasteiger partial charge is 0.330 e. The Balaban J connectivity index is 2.48. The fourth-order valence-corrected chi connectivity index (χ4v) is 1.80. The summed E-state index contributed by atoms with van der Waals surface area (Å²) in [5.41, 5.74) is 6.28. The Labute approximate surface area is 87.5 Å². The molecule has 1 aromatic heterocycles. The molecular weight excluding hydrogens is 198 g/mol. The van der Waals surface area contributed by atoms with Crippen molar-refractivity contribution in [2.24, 2.45) is 5.73 Å². The highest BCUT2D eigenvalue weighted by molar-refractivity contribution is 7.15. The Bertz CT molecular complexity index is 302. The second kappa shape index (κ2) is 5.07. The monoisotopic (exact) mass is 213 g/mol. The molecule has 1 heterocycles. The second-order valence-corrected chi connectivity index (χ2v) is 4.30. The third-order valence-electron chi connectivity index (χ3n) is 1.88. The molecule has 1 aromatic rings. The first-order chi connectivity index (χ1) is 6.63. The summed E-state index contributed by atoms with van der Waals surface area (Å²) in [7, 11) is 0. The van der Waals surface area contributed by atoms with E-state index in [-0.39, 0.29) is 5.91 Å². The van der Waals surface area contributed by atoms with Gasteiger partial charge in [0.05, 0.1) is 5.69 Å². The van der Waals surface area contributed by atoms with E-state index in [0.29, 0.717) is 18.1 Å². The van der Waals surface area contributed by atoms with Gasteiger partial charge < -0.3 is 11.1 Å². The summed E-state index contributed by atoms with van der Waals surface area (Å²) in [6.45, 7) is 4.47. The summed E-state index contributed by atoms with van der Waals surface area (Å²) in [6.07, 6.45) is 1.18. The van der Waals surface area contributed by atoms with Crippen LogP contribution < -0.4 is 11.1 Å². The quantitative estimate of drug-likeness (QED) is 0.795. The van der Waals surface area contributed by atoms with Crippen LogP contribution in [0, 0.1) is 13.8 Å². The van der Waals surface area contributed by atoms with E-state index in [2.05, 4.69) is 10.3 Å². The van der Waals surface area contributed by atoms with Crippen LogP contribution in [-0.4, -0.2) is 17.4 Å². The molecule has 1 amide bonds. The molecule has 0 saturated carbocycles. The van der Waals surface area contributed by atoms with Crippen molar-refractivity contribution >= 4 is 22.4 Å². The van der Waals surface area contributed by atoms with Crippen LogP contribution in [0.2, 0.25) is 0 Å². The first-order valence-electron chi connectivity index (χ1n) is 4.57. The molecule has 0 saturated heterocycles. The Kier molecular flexibility index (Phi) is 4.03. The highest BCUT2D eigenvalue weighted by atomic mass is 32.1. The Morgan fingerprint density at radius 1 is 1.57 bits per heavy atom. The summed E-state index contributed by atoms with van der Waals surface area (Å²) in [5.74, 6) is -0.01000. The topological polar surface area (TPSA) is 68.0 Å². The van der Waals surface area contributed by atoms with Crippen LogP contribution in [0.4, 0.5) is 5.13 Å². The van der Waals surface area contributed by atoms with E-state index in [4.69, 9.17) is 5.73 Å². The van der Waals surface area contributed by atoms with Gasteiger partial charge in [-0.2, -0.15) is 0 Å². The molecule has 1 rings (SSSR count). The van der Waals surface area contributed by atoms with Crippen LogP contribution in [0.15, 0.2) is 0 Å². The van der Waals surface area contributed by atoms with Gasteiger partial charge in [0.2, 0.25) is 5.91 Å². The van der Waals surface area contributed by atoms with Gasteiger partial charge in [0.15, 0.2) is 5.13 Å². The minimum atomic E-state index is -0.01000.